The van der Waals surface area contributed by atoms with E-state index in [2.05, 4.69) is 26.3 Å². The summed E-state index contributed by atoms with van der Waals surface area (Å²) in [6, 6.07) is 0. The number of hydrogen-bond acceptors (Lipinski definition) is 5. The number of aromatic nitrogens is 2. The van der Waals surface area contributed by atoms with Gasteiger partial charge in [0.05, 0.1) is 16.6 Å². The van der Waals surface area contributed by atoms with Crippen LogP contribution in [0.2, 0.25) is 0 Å². The number of carbonyl (C=O) groups is 2. The molecular weight excluding hydrogens is 418 g/mol. The summed E-state index contributed by atoms with van der Waals surface area (Å²) in [7, 11) is 0. The zero-order chi connectivity index (χ0) is 18.7. The Morgan fingerprint density at radius 3 is 2.81 bits per heavy atom. The van der Waals surface area contributed by atoms with E-state index in [0.29, 0.717) is 33.9 Å². The van der Waals surface area contributed by atoms with Crippen molar-refractivity contribution < 1.29 is 14.3 Å². The predicted molar refractivity (Wildman–Crippen MR) is 105 cm³/mol. The van der Waals surface area contributed by atoms with Gasteiger partial charge in [-0.2, -0.15) is 5.10 Å². The first kappa shape index (κ1) is 19.1. The summed E-state index contributed by atoms with van der Waals surface area (Å²) in [4.78, 5) is 26.5. The SMILES string of the molecule is CCCOC(=O)c1c(NC(=O)c2nn(CC)cc2Br)sc2c1CCCC2. The minimum atomic E-state index is -0.347. The number of rotatable bonds is 6. The molecule has 1 aliphatic carbocycles. The van der Waals surface area contributed by atoms with Crippen LogP contribution < -0.4 is 5.32 Å². The van der Waals surface area contributed by atoms with Crippen LogP contribution in [0, 0.1) is 0 Å². The van der Waals surface area contributed by atoms with Gasteiger partial charge >= 0.3 is 5.97 Å². The van der Waals surface area contributed by atoms with Crippen LogP contribution in [0.25, 0.3) is 0 Å². The molecule has 3 rings (SSSR count). The van der Waals surface area contributed by atoms with Gasteiger partial charge in [0.2, 0.25) is 0 Å². The smallest absolute Gasteiger partial charge is 0.341 e. The molecular formula is C18H22BrN3O3S. The molecule has 8 heteroatoms. The molecule has 140 valence electrons. The van der Waals surface area contributed by atoms with Gasteiger partial charge in [0, 0.05) is 17.6 Å². The highest BCUT2D eigenvalue weighted by molar-refractivity contribution is 9.10. The van der Waals surface area contributed by atoms with Crippen molar-refractivity contribution in [1.82, 2.24) is 9.78 Å². The first-order valence-electron chi connectivity index (χ1n) is 8.91. The Labute approximate surface area is 165 Å². The second kappa shape index (κ2) is 8.35. The van der Waals surface area contributed by atoms with Crippen molar-refractivity contribution in [3.63, 3.8) is 0 Å². The first-order chi connectivity index (χ1) is 12.5. The van der Waals surface area contributed by atoms with Gasteiger partial charge in [0.15, 0.2) is 5.69 Å². The zero-order valence-electron chi connectivity index (χ0n) is 14.9. The molecule has 0 saturated heterocycles. The molecule has 0 aromatic carbocycles. The van der Waals surface area contributed by atoms with Crippen molar-refractivity contribution in [1.29, 1.82) is 0 Å². The van der Waals surface area contributed by atoms with Crippen LogP contribution in [0.5, 0.6) is 0 Å². The third kappa shape index (κ3) is 3.86. The molecule has 2 heterocycles. The van der Waals surface area contributed by atoms with Crippen molar-refractivity contribution in [2.24, 2.45) is 0 Å². The normalized spacial score (nSPS) is 13.3. The van der Waals surface area contributed by atoms with E-state index >= 15 is 0 Å². The van der Waals surface area contributed by atoms with Gasteiger partial charge in [-0.3, -0.25) is 9.48 Å². The summed E-state index contributed by atoms with van der Waals surface area (Å²) in [6.07, 6.45) is 6.49. The van der Waals surface area contributed by atoms with Gasteiger partial charge in [-0.15, -0.1) is 11.3 Å². The second-order valence-corrected chi connectivity index (χ2v) is 8.15. The quantitative estimate of drug-likeness (QED) is 0.675. The Morgan fingerprint density at radius 2 is 2.12 bits per heavy atom. The molecule has 6 nitrogen and oxygen atoms in total. The minimum Gasteiger partial charge on any atom is -0.462 e. The molecule has 26 heavy (non-hydrogen) atoms. The monoisotopic (exact) mass is 439 g/mol. The summed E-state index contributed by atoms with van der Waals surface area (Å²) in [5.41, 5.74) is 1.87. The van der Waals surface area contributed by atoms with Gasteiger partial charge < -0.3 is 10.1 Å². The summed E-state index contributed by atoms with van der Waals surface area (Å²) in [5, 5.41) is 7.74. The summed E-state index contributed by atoms with van der Waals surface area (Å²) < 4.78 is 7.68. The number of nitrogens with zero attached hydrogens (tertiary/aromatic N) is 2. The average molecular weight is 440 g/mol. The molecule has 1 amide bonds. The van der Waals surface area contributed by atoms with Crippen molar-refractivity contribution >= 4 is 44.1 Å². The summed E-state index contributed by atoms with van der Waals surface area (Å²) in [5.74, 6) is -0.674. The first-order valence-corrected chi connectivity index (χ1v) is 10.5. The van der Waals surface area contributed by atoms with Crippen molar-refractivity contribution in [3.05, 3.63) is 32.4 Å². The molecule has 2 aromatic rings. The van der Waals surface area contributed by atoms with E-state index in [-0.39, 0.29) is 11.9 Å². The van der Waals surface area contributed by atoms with Gasteiger partial charge in [0.25, 0.3) is 5.91 Å². The highest BCUT2D eigenvalue weighted by Gasteiger charge is 2.28. The molecule has 2 aromatic heterocycles. The van der Waals surface area contributed by atoms with Crippen molar-refractivity contribution in [2.45, 2.75) is 52.5 Å². The number of thiophene rings is 1. The Balaban J connectivity index is 1.91. The largest absolute Gasteiger partial charge is 0.462 e. The Morgan fingerprint density at radius 1 is 1.35 bits per heavy atom. The fourth-order valence-electron chi connectivity index (χ4n) is 3.01. The number of anilines is 1. The Bertz CT molecular complexity index is 828. The third-order valence-corrected chi connectivity index (χ3v) is 6.08. The number of ether oxygens (including phenoxy) is 1. The molecule has 0 spiro atoms. The highest BCUT2D eigenvalue weighted by Crippen LogP contribution is 2.39. The Kier molecular flexibility index (Phi) is 6.13. The van der Waals surface area contributed by atoms with E-state index in [4.69, 9.17) is 4.74 Å². The van der Waals surface area contributed by atoms with Crippen molar-refractivity contribution in [2.75, 3.05) is 11.9 Å². The molecule has 0 unspecified atom stereocenters. The standard InChI is InChI=1S/C18H22BrN3O3S/c1-3-9-25-18(24)14-11-7-5-6-8-13(11)26-17(14)20-16(23)15-12(19)10-22(4-2)21-15/h10H,3-9H2,1-2H3,(H,20,23). The van der Waals surface area contributed by atoms with E-state index in [1.807, 2.05) is 13.8 Å². The third-order valence-electron chi connectivity index (χ3n) is 4.30. The topological polar surface area (TPSA) is 73.2 Å². The molecule has 0 fully saturated rings. The molecule has 1 aliphatic rings. The highest BCUT2D eigenvalue weighted by atomic mass is 79.9. The van der Waals surface area contributed by atoms with Crippen LogP contribution in [-0.4, -0.2) is 28.3 Å². The maximum Gasteiger partial charge on any atom is 0.341 e. The number of carbonyl (C=O) groups excluding carboxylic acids is 2. The number of nitrogens with one attached hydrogen (secondary N) is 1. The fourth-order valence-corrected chi connectivity index (χ4v) is 4.78. The van der Waals surface area contributed by atoms with E-state index in [1.54, 1.807) is 10.9 Å². The maximum atomic E-state index is 12.7. The molecule has 1 N–H and O–H groups in total. The molecule has 0 aliphatic heterocycles. The zero-order valence-corrected chi connectivity index (χ0v) is 17.3. The number of fused-ring (bicyclic) bond motifs is 1. The van der Waals surface area contributed by atoms with Crippen LogP contribution in [0.3, 0.4) is 0 Å². The number of halogens is 1. The lowest BCUT2D eigenvalue weighted by molar-refractivity contribution is 0.0505. The van der Waals surface area contributed by atoms with Crippen LogP contribution in [-0.2, 0) is 24.1 Å². The number of amides is 1. The van der Waals surface area contributed by atoms with Gasteiger partial charge in [-0.1, -0.05) is 6.92 Å². The number of esters is 1. The molecule has 0 atom stereocenters. The van der Waals surface area contributed by atoms with Gasteiger partial charge in [-0.25, -0.2) is 4.79 Å². The lowest BCUT2D eigenvalue weighted by Gasteiger charge is -2.12. The lowest BCUT2D eigenvalue weighted by Crippen LogP contribution is -2.17. The lowest BCUT2D eigenvalue weighted by atomic mass is 9.95. The van der Waals surface area contributed by atoms with Crippen LogP contribution in [0.4, 0.5) is 5.00 Å². The van der Waals surface area contributed by atoms with E-state index < -0.39 is 0 Å². The summed E-state index contributed by atoms with van der Waals surface area (Å²) in [6.45, 7) is 4.97. The number of aryl methyl sites for hydroxylation is 2. The minimum absolute atomic E-state index is 0.311. The predicted octanol–water partition coefficient (Wildman–Crippen LogP) is 4.42. The molecule has 0 radical (unpaired) electrons. The maximum absolute atomic E-state index is 12.7. The number of hydrogen-bond donors (Lipinski definition) is 1. The average Bonchev–Trinajstić information content (AvgIpc) is 3.19. The van der Waals surface area contributed by atoms with E-state index in [9.17, 15) is 9.59 Å². The Hall–Kier alpha value is -1.67. The van der Waals surface area contributed by atoms with E-state index in [0.717, 1.165) is 37.7 Å². The second-order valence-electron chi connectivity index (χ2n) is 6.19. The van der Waals surface area contributed by atoms with E-state index in [1.165, 1.54) is 16.2 Å². The summed E-state index contributed by atoms with van der Waals surface area (Å²) >= 11 is 4.86. The van der Waals surface area contributed by atoms with Crippen molar-refractivity contribution in [3.8, 4) is 0 Å². The fraction of sp³-hybridized carbons (Fsp3) is 0.500. The van der Waals surface area contributed by atoms with Crippen LogP contribution >= 0.6 is 27.3 Å². The van der Waals surface area contributed by atoms with Gasteiger partial charge in [-0.05, 0) is 60.5 Å². The molecule has 0 saturated carbocycles. The molecule has 0 bridgehead atoms. The van der Waals surface area contributed by atoms with Crippen LogP contribution in [0.1, 0.15) is 64.4 Å². The van der Waals surface area contributed by atoms with Crippen LogP contribution in [0.15, 0.2) is 10.7 Å². The van der Waals surface area contributed by atoms with Gasteiger partial charge in [0.1, 0.15) is 5.00 Å².